The van der Waals surface area contributed by atoms with Crippen LogP contribution in [0.5, 0.6) is 0 Å². The zero-order chi connectivity index (χ0) is 13.4. The molecular formula is C14H20N4. The lowest BCUT2D eigenvalue weighted by atomic mass is 10.0. The summed E-state index contributed by atoms with van der Waals surface area (Å²) >= 11 is 0. The van der Waals surface area contributed by atoms with E-state index in [0.29, 0.717) is 5.92 Å². The third-order valence-electron chi connectivity index (χ3n) is 3.23. The summed E-state index contributed by atoms with van der Waals surface area (Å²) in [6, 6.07) is 3.95. The minimum atomic E-state index is 0.326. The minimum Gasteiger partial charge on any atom is -0.399 e. The van der Waals surface area contributed by atoms with Gasteiger partial charge in [-0.05, 0) is 37.1 Å². The predicted octanol–water partition coefficient (Wildman–Crippen LogP) is 2.80. The second kappa shape index (κ2) is 4.44. The highest BCUT2D eigenvalue weighted by Gasteiger charge is 2.15. The van der Waals surface area contributed by atoms with Gasteiger partial charge in [-0.25, -0.2) is 9.67 Å². The molecule has 18 heavy (non-hydrogen) atoms. The number of aromatic nitrogens is 3. The summed E-state index contributed by atoms with van der Waals surface area (Å²) in [4.78, 5) is 4.62. The second-order valence-electron chi connectivity index (χ2n) is 5.08. The van der Waals surface area contributed by atoms with Crippen molar-refractivity contribution >= 4 is 5.69 Å². The summed E-state index contributed by atoms with van der Waals surface area (Å²) < 4.78 is 1.83. The Morgan fingerprint density at radius 1 is 1.22 bits per heavy atom. The number of benzene rings is 1. The SMILES string of the molecule is Cc1cc(N)cc(-c2nc(C(C)C)nn2C)c1C. The van der Waals surface area contributed by atoms with E-state index in [1.807, 2.05) is 23.9 Å². The molecule has 2 rings (SSSR count). The number of rotatable bonds is 2. The molecule has 0 saturated carbocycles. The lowest BCUT2D eigenvalue weighted by Crippen LogP contribution is -1.99. The average molecular weight is 244 g/mol. The molecule has 4 heteroatoms. The number of hydrogen-bond donors (Lipinski definition) is 1. The first kappa shape index (κ1) is 12.6. The summed E-state index contributed by atoms with van der Waals surface area (Å²) in [6.07, 6.45) is 0. The monoisotopic (exact) mass is 244 g/mol. The Hall–Kier alpha value is -1.84. The van der Waals surface area contributed by atoms with Crippen molar-refractivity contribution < 1.29 is 0 Å². The van der Waals surface area contributed by atoms with Gasteiger partial charge < -0.3 is 5.73 Å². The molecule has 2 N–H and O–H groups in total. The van der Waals surface area contributed by atoms with Crippen LogP contribution in [0.25, 0.3) is 11.4 Å². The van der Waals surface area contributed by atoms with Crippen LogP contribution < -0.4 is 5.73 Å². The van der Waals surface area contributed by atoms with Crippen molar-refractivity contribution in [3.05, 3.63) is 29.1 Å². The van der Waals surface area contributed by atoms with E-state index in [4.69, 9.17) is 5.73 Å². The van der Waals surface area contributed by atoms with Gasteiger partial charge in [0.15, 0.2) is 11.6 Å². The van der Waals surface area contributed by atoms with Crippen LogP contribution in [0.2, 0.25) is 0 Å². The largest absolute Gasteiger partial charge is 0.399 e. The molecule has 0 aliphatic carbocycles. The second-order valence-corrected chi connectivity index (χ2v) is 5.08. The first-order valence-electron chi connectivity index (χ1n) is 6.18. The van der Waals surface area contributed by atoms with Crippen molar-refractivity contribution in [3.8, 4) is 11.4 Å². The van der Waals surface area contributed by atoms with Crippen LogP contribution in [0.15, 0.2) is 12.1 Å². The van der Waals surface area contributed by atoms with E-state index in [0.717, 1.165) is 22.9 Å². The van der Waals surface area contributed by atoms with E-state index in [-0.39, 0.29) is 0 Å². The van der Waals surface area contributed by atoms with Gasteiger partial charge in [-0.1, -0.05) is 13.8 Å². The Morgan fingerprint density at radius 3 is 2.44 bits per heavy atom. The number of nitrogen functional groups attached to an aromatic ring is 1. The fourth-order valence-electron chi connectivity index (χ4n) is 2.00. The molecule has 4 nitrogen and oxygen atoms in total. The number of nitrogens with two attached hydrogens (primary N) is 1. The molecule has 2 aromatic rings. The molecular weight excluding hydrogens is 224 g/mol. The highest BCUT2D eigenvalue weighted by molar-refractivity contribution is 5.67. The Kier molecular flexibility index (Phi) is 3.11. The normalized spacial score (nSPS) is 11.2. The molecule has 0 atom stereocenters. The van der Waals surface area contributed by atoms with E-state index in [2.05, 4.69) is 37.8 Å². The standard InChI is InChI=1S/C14H20N4/c1-8(2)13-16-14(18(5)17-13)12-7-11(15)6-9(3)10(12)4/h6-8H,15H2,1-5H3. The molecule has 0 saturated heterocycles. The van der Waals surface area contributed by atoms with Gasteiger partial charge in [0, 0.05) is 24.2 Å². The summed E-state index contributed by atoms with van der Waals surface area (Å²) in [5.41, 5.74) is 10.1. The summed E-state index contributed by atoms with van der Waals surface area (Å²) in [6.45, 7) is 8.34. The Labute approximate surface area is 108 Å². The molecule has 0 fully saturated rings. The summed E-state index contributed by atoms with van der Waals surface area (Å²) in [7, 11) is 1.92. The molecule has 1 aromatic carbocycles. The van der Waals surface area contributed by atoms with Gasteiger partial charge >= 0.3 is 0 Å². The van der Waals surface area contributed by atoms with Crippen molar-refractivity contribution in [2.45, 2.75) is 33.6 Å². The van der Waals surface area contributed by atoms with E-state index >= 15 is 0 Å². The highest BCUT2D eigenvalue weighted by atomic mass is 15.3. The first-order chi connectivity index (χ1) is 8.40. The molecule has 96 valence electrons. The fraction of sp³-hybridized carbons (Fsp3) is 0.429. The van der Waals surface area contributed by atoms with Gasteiger partial charge in [0.1, 0.15) is 0 Å². The molecule has 0 radical (unpaired) electrons. The zero-order valence-electron chi connectivity index (χ0n) is 11.7. The smallest absolute Gasteiger partial charge is 0.158 e. The molecule has 0 aliphatic rings. The molecule has 0 amide bonds. The van der Waals surface area contributed by atoms with E-state index in [1.54, 1.807) is 0 Å². The van der Waals surface area contributed by atoms with Crippen LogP contribution in [-0.2, 0) is 7.05 Å². The lowest BCUT2D eigenvalue weighted by molar-refractivity contribution is 0.712. The van der Waals surface area contributed by atoms with Crippen molar-refractivity contribution in [1.82, 2.24) is 14.8 Å². The average Bonchev–Trinajstić information content (AvgIpc) is 2.66. The van der Waals surface area contributed by atoms with Crippen molar-refractivity contribution in [1.29, 1.82) is 0 Å². The van der Waals surface area contributed by atoms with Crippen LogP contribution in [0.3, 0.4) is 0 Å². The third-order valence-corrected chi connectivity index (χ3v) is 3.23. The fourth-order valence-corrected chi connectivity index (χ4v) is 2.00. The lowest BCUT2D eigenvalue weighted by Gasteiger charge is -2.09. The summed E-state index contributed by atoms with van der Waals surface area (Å²) in [5, 5.41) is 4.45. The molecule has 1 aromatic heterocycles. The van der Waals surface area contributed by atoms with Crippen LogP contribution in [-0.4, -0.2) is 14.8 Å². The maximum atomic E-state index is 5.92. The van der Waals surface area contributed by atoms with Crippen LogP contribution in [0, 0.1) is 13.8 Å². The molecule has 0 bridgehead atoms. The topological polar surface area (TPSA) is 56.7 Å². The van der Waals surface area contributed by atoms with Crippen molar-refractivity contribution in [2.75, 3.05) is 5.73 Å². The molecule has 0 unspecified atom stereocenters. The van der Waals surface area contributed by atoms with Crippen molar-refractivity contribution in [2.24, 2.45) is 7.05 Å². The predicted molar refractivity (Wildman–Crippen MR) is 74.4 cm³/mol. The van der Waals surface area contributed by atoms with Crippen LogP contribution in [0.4, 0.5) is 5.69 Å². The number of hydrogen-bond acceptors (Lipinski definition) is 3. The van der Waals surface area contributed by atoms with E-state index < -0.39 is 0 Å². The van der Waals surface area contributed by atoms with Crippen LogP contribution >= 0.6 is 0 Å². The highest BCUT2D eigenvalue weighted by Crippen LogP contribution is 2.27. The number of aryl methyl sites for hydroxylation is 2. The van der Waals surface area contributed by atoms with Gasteiger partial charge in [0.2, 0.25) is 0 Å². The van der Waals surface area contributed by atoms with Crippen molar-refractivity contribution in [3.63, 3.8) is 0 Å². The Balaban J connectivity index is 2.62. The van der Waals surface area contributed by atoms with Gasteiger partial charge in [-0.2, -0.15) is 5.10 Å². The van der Waals surface area contributed by atoms with Gasteiger partial charge in [0.25, 0.3) is 0 Å². The Bertz CT molecular complexity index is 582. The molecule has 0 aliphatic heterocycles. The number of nitrogens with zero attached hydrogens (tertiary/aromatic N) is 3. The van der Waals surface area contributed by atoms with Gasteiger partial charge in [-0.3, -0.25) is 0 Å². The maximum absolute atomic E-state index is 5.92. The Morgan fingerprint density at radius 2 is 1.89 bits per heavy atom. The molecule has 0 spiro atoms. The maximum Gasteiger partial charge on any atom is 0.158 e. The third kappa shape index (κ3) is 2.10. The number of anilines is 1. The van der Waals surface area contributed by atoms with E-state index in [9.17, 15) is 0 Å². The minimum absolute atomic E-state index is 0.326. The zero-order valence-corrected chi connectivity index (χ0v) is 11.7. The van der Waals surface area contributed by atoms with Crippen LogP contribution in [0.1, 0.15) is 36.7 Å². The van der Waals surface area contributed by atoms with E-state index in [1.165, 1.54) is 11.1 Å². The first-order valence-corrected chi connectivity index (χ1v) is 6.18. The molecule has 1 heterocycles. The van der Waals surface area contributed by atoms with Gasteiger partial charge in [0.05, 0.1) is 0 Å². The summed E-state index contributed by atoms with van der Waals surface area (Å²) in [5.74, 6) is 2.07. The van der Waals surface area contributed by atoms with Gasteiger partial charge in [-0.15, -0.1) is 0 Å². The quantitative estimate of drug-likeness (QED) is 0.826.